The molecule has 2 amide bonds. The largest absolute Gasteiger partial charge is 0.416 e. The molecule has 2 aromatic carbocycles. The highest BCUT2D eigenvalue weighted by molar-refractivity contribution is 8.01. The van der Waals surface area contributed by atoms with E-state index in [9.17, 15) is 22.8 Å². The number of carbonyl (C=O) groups is 2. The normalized spacial score (nSPS) is 16.6. The lowest BCUT2D eigenvalue weighted by Gasteiger charge is -2.23. The monoisotopic (exact) mass is 380 g/mol. The van der Waals surface area contributed by atoms with Crippen molar-refractivity contribution in [1.29, 1.82) is 0 Å². The van der Waals surface area contributed by atoms with Gasteiger partial charge in [0, 0.05) is 17.9 Å². The summed E-state index contributed by atoms with van der Waals surface area (Å²) >= 11 is 1.30. The summed E-state index contributed by atoms with van der Waals surface area (Å²) in [6.07, 6.45) is -4.48. The van der Waals surface area contributed by atoms with Crippen LogP contribution in [0.15, 0.2) is 53.4 Å². The Kier molecular flexibility index (Phi) is 5.22. The minimum Gasteiger partial charge on any atom is -0.352 e. The molecule has 1 aliphatic heterocycles. The Morgan fingerprint density at radius 2 is 1.92 bits per heavy atom. The van der Waals surface area contributed by atoms with Crippen molar-refractivity contribution in [2.24, 2.45) is 0 Å². The lowest BCUT2D eigenvalue weighted by molar-refractivity contribution is -0.137. The summed E-state index contributed by atoms with van der Waals surface area (Å²) < 4.78 is 38.1. The van der Waals surface area contributed by atoms with E-state index in [2.05, 4.69) is 10.6 Å². The number of carbonyl (C=O) groups excluding carboxylic acids is 2. The van der Waals surface area contributed by atoms with Crippen LogP contribution in [0.3, 0.4) is 0 Å². The molecule has 2 N–H and O–H groups in total. The highest BCUT2D eigenvalue weighted by atomic mass is 32.2. The number of nitrogens with one attached hydrogen (secondary N) is 2. The van der Waals surface area contributed by atoms with Gasteiger partial charge in [0.1, 0.15) is 0 Å². The molecule has 26 heavy (non-hydrogen) atoms. The number of hydrogen-bond acceptors (Lipinski definition) is 3. The topological polar surface area (TPSA) is 58.2 Å². The maximum atomic E-state index is 12.7. The van der Waals surface area contributed by atoms with Crippen LogP contribution in [0, 0.1) is 0 Å². The van der Waals surface area contributed by atoms with Crippen molar-refractivity contribution in [3.05, 3.63) is 59.7 Å². The van der Waals surface area contributed by atoms with Crippen LogP contribution in [0.25, 0.3) is 0 Å². The Morgan fingerprint density at radius 1 is 1.15 bits per heavy atom. The molecule has 0 spiro atoms. The van der Waals surface area contributed by atoms with Gasteiger partial charge in [-0.1, -0.05) is 24.3 Å². The van der Waals surface area contributed by atoms with Gasteiger partial charge in [-0.3, -0.25) is 9.59 Å². The van der Waals surface area contributed by atoms with Crippen LogP contribution in [0.4, 0.5) is 18.9 Å². The zero-order valence-corrected chi connectivity index (χ0v) is 14.3. The molecule has 2 aromatic rings. The molecule has 0 saturated carbocycles. The fourth-order valence-electron chi connectivity index (χ4n) is 2.53. The predicted molar refractivity (Wildman–Crippen MR) is 92.6 cm³/mol. The van der Waals surface area contributed by atoms with Gasteiger partial charge in [-0.25, -0.2) is 0 Å². The molecular weight excluding hydrogens is 365 g/mol. The maximum Gasteiger partial charge on any atom is 0.416 e. The van der Waals surface area contributed by atoms with Crippen molar-refractivity contribution in [2.75, 3.05) is 5.32 Å². The zero-order chi connectivity index (χ0) is 18.7. The van der Waals surface area contributed by atoms with Crippen LogP contribution in [-0.4, -0.2) is 17.1 Å². The molecule has 3 rings (SSSR count). The number of rotatable bonds is 4. The van der Waals surface area contributed by atoms with E-state index in [-0.39, 0.29) is 18.9 Å². The van der Waals surface area contributed by atoms with Crippen molar-refractivity contribution in [3.8, 4) is 0 Å². The number of anilines is 1. The lowest BCUT2D eigenvalue weighted by Crippen LogP contribution is -2.34. The Morgan fingerprint density at radius 3 is 2.69 bits per heavy atom. The van der Waals surface area contributed by atoms with Gasteiger partial charge in [-0.2, -0.15) is 13.2 Å². The number of amides is 2. The highest BCUT2D eigenvalue weighted by Gasteiger charge is 2.31. The number of fused-ring (bicyclic) bond motifs is 1. The van der Waals surface area contributed by atoms with E-state index in [4.69, 9.17) is 0 Å². The average molecular weight is 380 g/mol. The molecule has 1 heterocycles. The number of thioether (sulfide) groups is 1. The molecule has 0 bridgehead atoms. The Labute approximate surface area is 152 Å². The number of benzene rings is 2. The second kappa shape index (κ2) is 7.41. The quantitative estimate of drug-likeness (QED) is 0.848. The highest BCUT2D eigenvalue weighted by Crippen LogP contribution is 2.36. The Balaban J connectivity index is 1.57. The molecule has 1 atom stereocenters. The summed E-state index contributed by atoms with van der Waals surface area (Å²) in [6, 6.07) is 12.1. The van der Waals surface area contributed by atoms with E-state index < -0.39 is 22.9 Å². The first-order valence-electron chi connectivity index (χ1n) is 7.82. The SMILES string of the molecule is O=C(C[C@@H]1Sc2ccccc2NC1=O)NCc1cccc(C(F)(F)F)c1. The van der Waals surface area contributed by atoms with Crippen LogP contribution in [-0.2, 0) is 22.3 Å². The second-order valence-corrected chi connectivity index (χ2v) is 7.02. The van der Waals surface area contributed by atoms with Crippen LogP contribution < -0.4 is 10.6 Å². The van der Waals surface area contributed by atoms with Crippen molar-refractivity contribution in [3.63, 3.8) is 0 Å². The fraction of sp³-hybridized carbons (Fsp3) is 0.222. The molecule has 1 aliphatic rings. The summed E-state index contributed by atoms with van der Waals surface area (Å²) in [5.74, 6) is -0.655. The number of alkyl halides is 3. The number of hydrogen-bond donors (Lipinski definition) is 2. The molecular formula is C18H15F3N2O2S. The van der Waals surface area contributed by atoms with E-state index >= 15 is 0 Å². The first-order valence-corrected chi connectivity index (χ1v) is 8.70. The smallest absolute Gasteiger partial charge is 0.352 e. The summed E-state index contributed by atoms with van der Waals surface area (Å²) in [5.41, 5.74) is 0.297. The molecule has 0 saturated heterocycles. The number of halogens is 3. The zero-order valence-electron chi connectivity index (χ0n) is 13.5. The van der Waals surface area contributed by atoms with Gasteiger partial charge in [0.2, 0.25) is 11.8 Å². The molecule has 0 aromatic heterocycles. The maximum absolute atomic E-state index is 12.7. The van der Waals surface area contributed by atoms with Crippen LogP contribution in [0.2, 0.25) is 0 Å². The third-order valence-corrected chi connectivity index (χ3v) is 5.10. The third kappa shape index (κ3) is 4.37. The predicted octanol–water partition coefficient (Wildman–Crippen LogP) is 3.82. The van der Waals surface area contributed by atoms with Crippen LogP contribution in [0.5, 0.6) is 0 Å². The van der Waals surface area contributed by atoms with Gasteiger partial charge < -0.3 is 10.6 Å². The van der Waals surface area contributed by atoms with Crippen molar-refractivity contribution in [1.82, 2.24) is 5.32 Å². The first-order chi connectivity index (χ1) is 12.3. The second-order valence-electron chi connectivity index (χ2n) is 5.77. The standard InChI is InChI=1S/C18H15F3N2O2S/c19-18(20,21)12-5-3-4-11(8-12)10-22-16(24)9-15-17(25)23-13-6-1-2-7-14(13)26-15/h1-8,15H,9-10H2,(H,22,24)(H,23,25)/t15-/m0/s1. The van der Waals surface area contributed by atoms with Crippen molar-refractivity contribution >= 4 is 29.3 Å². The third-order valence-electron chi connectivity index (χ3n) is 3.82. The van der Waals surface area contributed by atoms with Gasteiger partial charge in [0.25, 0.3) is 0 Å². The molecule has 0 unspecified atom stereocenters. The van der Waals surface area contributed by atoms with Crippen LogP contribution >= 0.6 is 11.8 Å². The van der Waals surface area contributed by atoms with E-state index in [1.54, 1.807) is 6.07 Å². The van der Waals surface area contributed by atoms with Crippen LogP contribution in [0.1, 0.15) is 17.5 Å². The van der Waals surface area contributed by atoms with Gasteiger partial charge >= 0.3 is 6.18 Å². The molecule has 136 valence electrons. The average Bonchev–Trinajstić information content (AvgIpc) is 2.60. The van der Waals surface area contributed by atoms with E-state index in [0.29, 0.717) is 11.3 Å². The minimum absolute atomic E-state index is 0.0294. The van der Waals surface area contributed by atoms with Gasteiger partial charge in [-0.05, 0) is 29.8 Å². The van der Waals surface area contributed by atoms with Gasteiger partial charge in [0.05, 0.1) is 16.5 Å². The summed E-state index contributed by atoms with van der Waals surface area (Å²) in [6.45, 7) is -0.0294. The van der Waals surface area contributed by atoms with E-state index in [1.807, 2.05) is 18.2 Å². The molecule has 0 aliphatic carbocycles. The first kappa shape index (κ1) is 18.3. The number of para-hydroxylation sites is 1. The molecule has 4 nitrogen and oxygen atoms in total. The summed E-state index contributed by atoms with van der Waals surface area (Å²) in [5, 5.41) is 4.74. The Hall–Kier alpha value is -2.48. The van der Waals surface area contributed by atoms with Gasteiger partial charge in [0.15, 0.2) is 0 Å². The molecule has 0 fully saturated rings. The lowest BCUT2D eigenvalue weighted by atomic mass is 10.1. The summed E-state index contributed by atoms with van der Waals surface area (Å²) in [4.78, 5) is 25.1. The van der Waals surface area contributed by atoms with Crippen molar-refractivity contribution < 1.29 is 22.8 Å². The van der Waals surface area contributed by atoms with Crippen molar-refractivity contribution in [2.45, 2.75) is 29.3 Å². The minimum atomic E-state index is -4.43. The Bertz CT molecular complexity index is 839. The van der Waals surface area contributed by atoms with E-state index in [1.165, 1.54) is 23.9 Å². The molecule has 0 radical (unpaired) electrons. The fourth-order valence-corrected chi connectivity index (χ4v) is 3.64. The van der Waals surface area contributed by atoms with Gasteiger partial charge in [-0.15, -0.1) is 11.8 Å². The molecule has 8 heteroatoms. The van der Waals surface area contributed by atoms with E-state index in [0.717, 1.165) is 17.0 Å². The summed E-state index contributed by atoms with van der Waals surface area (Å²) in [7, 11) is 0.